The first-order valence-electron chi connectivity index (χ1n) is 4.93. The Bertz CT molecular complexity index is 431. The molecule has 80 valence electrons. The molecule has 2 aliphatic heterocycles. The zero-order valence-electron chi connectivity index (χ0n) is 8.01. The predicted molar refractivity (Wildman–Crippen MR) is 55.9 cm³/mol. The third kappa shape index (κ3) is 1.14. The van der Waals surface area contributed by atoms with E-state index in [1.165, 1.54) is 11.3 Å². The van der Waals surface area contributed by atoms with Gasteiger partial charge in [-0.05, 0) is 12.8 Å². The summed E-state index contributed by atoms with van der Waals surface area (Å²) in [5, 5.41) is 9.68. The van der Waals surface area contributed by atoms with E-state index in [0.717, 1.165) is 29.8 Å². The topological polar surface area (TPSA) is 79.5 Å². The number of anilines is 1. The van der Waals surface area contributed by atoms with E-state index in [-0.39, 0.29) is 12.1 Å². The average molecular weight is 225 g/mol. The van der Waals surface area contributed by atoms with E-state index in [0.29, 0.717) is 5.13 Å². The van der Waals surface area contributed by atoms with Crippen LogP contribution in [0, 0.1) is 0 Å². The monoisotopic (exact) mass is 225 g/mol. The highest BCUT2D eigenvalue weighted by Crippen LogP contribution is 2.46. The maximum atomic E-state index is 11.1. The number of nitrogens with two attached hydrogens (primary N) is 1. The number of amides is 1. The maximum absolute atomic E-state index is 11.1. The number of rotatable bonds is 0. The number of carbonyl (C=O) groups is 1. The van der Waals surface area contributed by atoms with Gasteiger partial charge in [-0.15, -0.1) is 0 Å². The molecule has 0 spiro atoms. The molecule has 15 heavy (non-hydrogen) atoms. The van der Waals surface area contributed by atoms with Gasteiger partial charge in [-0.1, -0.05) is 11.3 Å². The number of nitrogen functional groups attached to an aromatic ring is 1. The number of hydrogen-bond acceptors (Lipinski definition) is 4. The Morgan fingerprint density at radius 3 is 3.13 bits per heavy atom. The van der Waals surface area contributed by atoms with Crippen molar-refractivity contribution in [2.24, 2.45) is 0 Å². The van der Waals surface area contributed by atoms with Crippen molar-refractivity contribution in [2.75, 3.05) is 5.73 Å². The second kappa shape index (κ2) is 2.85. The molecule has 0 unspecified atom stereocenters. The molecule has 2 atom stereocenters. The van der Waals surface area contributed by atoms with Crippen LogP contribution in [0.25, 0.3) is 0 Å². The highest BCUT2D eigenvalue weighted by atomic mass is 32.1. The van der Waals surface area contributed by atoms with Crippen LogP contribution in [0.15, 0.2) is 0 Å². The molecule has 1 fully saturated rings. The first-order chi connectivity index (χ1) is 7.16. The third-order valence-electron chi connectivity index (χ3n) is 3.20. The fourth-order valence-electron chi connectivity index (χ4n) is 2.64. The Morgan fingerprint density at radius 2 is 2.40 bits per heavy atom. The Kier molecular flexibility index (Phi) is 1.70. The lowest BCUT2D eigenvalue weighted by atomic mass is 10.1. The Balaban J connectivity index is 2.07. The fraction of sp³-hybridized carbons (Fsp3) is 0.556. The quantitative estimate of drug-likeness (QED) is 0.700. The van der Waals surface area contributed by atoms with Crippen LogP contribution >= 0.6 is 11.3 Å². The molecular weight excluding hydrogens is 214 g/mol. The molecule has 2 aliphatic rings. The average Bonchev–Trinajstić information content (AvgIpc) is 2.68. The molecule has 3 rings (SSSR count). The number of carboxylic acid groups (broad SMARTS) is 1. The SMILES string of the molecule is Nc1nc2c(s1)[C@H]1CC[C@@H](C2)N1C(=O)O. The number of hydrogen-bond donors (Lipinski definition) is 2. The molecule has 0 aliphatic carbocycles. The molecule has 0 radical (unpaired) electrons. The zero-order valence-corrected chi connectivity index (χ0v) is 8.83. The normalized spacial score (nSPS) is 27.9. The number of nitrogens with zero attached hydrogens (tertiary/aromatic N) is 2. The van der Waals surface area contributed by atoms with Gasteiger partial charge in [0.2, 0.25) is 0 Å². The van der Waals surface area contributed by atoms with E-state index in [1.54, 1.807) is 4.90 Å². The molecule has 1 aromatic rings. The van der Waals surface area contributed by atoms with Crippen molar-refractivity contribution in [3.05, 3.63) is 10.6 Å². The van der Waals surface area contributed by atoms with Crippen LogP contribution in [-0.4, -0.2) is 27.1 Å². The first kappa shape index (κ1) is 8.96. The predicted octanol–water partition coefficient (Wildman–Crippen LogP) is 1.46. The van der Waals surface area contributed by atoms with Crippen molar-refractivity contribution in [1.82, 2.24) is 9.88 Å². The van der Waals surface area contributed by atoms with Crippen LogP contribution in [0.4, 0.5) is 9.93 Å². The lowest BCUT2D eigenvalue weighted by Gasteiger charge is -2.31. The maximum Gasteiger partial charge on any atom is 0.408 e. The van der Waals surface area contributed by atoms with Crippen molar-refractivity contribution < 1.29 is 9.90 Å². The minimum Gasteiger partial charge on any atom is -0.465 e. The molecule has 0 saturated carbocycles. The lowest BCUT2D eigenvalue weighted by molar-refractivity contribution is 0.117. The molecule has 6 heteroatoms. The fourth-order valence-corrected chi connectivity index (χ4v) is 3.64. The molecule has 2 bridgehead atoms. The van der Waals surface area contributed by atoms with Gasteiger partial charge in [0.1, 0.15) is 0 Å². The molecule has 1 amide bonds. The van der Waals surface area contributed by atoms with E-state index >= 15 is 0 Å². The molecule has 1 aromatic heterocycles. The van der Waals surface area contributed by atoms with Gasteiger partial charge in [0.05, 0.1) is 16.6 Å². The Labute approximate surface area is 90.5 Å². The minimum atomic E-state index is -0.819. The summed E-state index contributed by atoms with van der Waals surface area (Å²) in [5.74, 6) is 0. The Morgan fingerprint density at radius 1 is 1.60 bits per heavy atom. The smallest absolute Gasteiger partial charge is 0.408 e. The highest BCUT2D eigenvalue weighted by molar-refractivity contribution is 7.15. The molecular formula is C9H11N3O2S. The number of thiazole rings is 1. The van der Waals surface area contributed by atoms with Crippen molar-refractivity contribution in [3.8, 4) is 0 Å². The molecule has 3 heterocycles. The molecule has 1 saturated heterocycles. The standard InChI is InChI=1S/C9H11N3O2S/c10-8-11-5-3-4-1-2-6(7(5)15-8)12(4)9(13)14/h4,6H,1-3H2,(H2,10,11)(H,13,14)/t4-,6+/m0/s1. The van der Waals surface area contributed by atoms with E-state index in [1.807, 2.05) is 0 Å². The van der Waals surface area contributed by atoms with E-state index in [2.05, 4.69) is 4.98 Å². The summed E-state index contributed by atoms with van der Waals surface area (Å²) in [4.78, 5) is 18.0. The Hall–Kier alpha value is -1.30. The van der Waals surface area contributed by atoms with Crippen molar-refractivity contribution >= 4 is 22.6 Å². The van der Waals surface area contributed by atoms with Gasteiger partial charge < -0.3 is 10.8 Å². The first-order valence-corrected chi connectivity index (χ1v) is 5.75. The van der Waals surface area contributed by atoms with Crippen LogP contribution < -0.4 is 5.73 Å². The van der Waals surface area contributed by atoms with Gasteiger partial charge in [-0.3, -0.25) is 4.90 Å². The van der Waals surface area contributed by atoms with E-state index < -0.39 is 6.09 Å². The van der Waals surface area contributed by atoms with Gasteiger partial charge in [0, 0.05) is 12.5 Å². The van der Waals surface area contributed by atoms with Gasteiger partial charge in [-0.2, -0.15) is 0 Å². The second-order valence-corrected chi connectivity index (χ2v) is 5.07. The molecule has 3 N–H and O–H groups in total. The lowest BCUT2D eigenvalue weighted by Crippen LogP contribution is -2.40. The summed E-state index contributed by atoms with van der Waals surface area (Å²) in [5.41, 5.74) is 6.67. The van der Waals surface area contributed by atoms with Crippen LogP contribution in [0.5, 0.6) is 0 Å². The molecule has 5 nitrogen and oxygen atoms in total. The summed E-state index contributed by atoms with van der Waals surface area (Å²) in [6, 6.07) is 0.118. The van der Waals surface area contributed by atoms with Crippen LogP contribution in [0.2, 0.25) is 0 Å². The summed E-state index contributed by atoms with van der Waals surface area (Å²) < 4.78 is 0. The van der Waals surface area contributed by atoms with Gasteiger partial charge in [0.15, 0.2) is 5.13 Å². The summed E-state index contributed by atoms with van der Waals surface area (Å²) in [7, 11) is 0. The largest absolute Gasteiger partial charge is 0.465 e. The van der Waals surface area contributed by atoms with Crippen LogP contribution in [-0.2, 0) is 6.42 Å². The second-order valence-electron chi connectivity index (χ2n) is 4.00. The number of aromatic nitrogens is 1. The van der Waals surface area contributed by atoms with Crippen molar-refractivity contribution in [2.45, 2.75) is 31.3 Å². The van der Waals surface area contributed by atoms with Gasteiger partial charge in [0.25, 0.3) is 0 Å². The van der Waals surface area contributed by atoms with E-state index in [9.17, 15) is 4.79 Å². The van der Waals surface area contributed by atoms with Gasteiger partial charge >= 0.3 is 6.09 Å². The summed E-state index contributed by atoms with van der Waals surface area (Å²) in [6.07, 6.45) is 1.76. The van der Waals surface area contributed by atoms with E-state index in [4.69, 9.17) is 10.8 Å². The highest BCUT2D eigenvalue weighted by Gasteiger charge is 2.44. The minimum absolute atomic E-state index is 0.00560. The summed E-state index contributed by atoms with van der Waals surface area (Å²) in [6.45, 7) is 0. The zero-order chi connectivity index (χ0) is 10.6. The molecule has 0 aromatic carbocycles. The number of fused-ring (bicyclic) bond motifs is 4. The third-order valence-corrected chi connectivity index (χ3v) is 4.23. The van der Waals surface area contributed by atoms with Crippen molar-refractivity contribution in [1.29, 1.82) is 0 Å². The van der Waals surface area contributed by atoms with Gasteiger partial charge in [-0.25, -0.2) is 9.78 Å². The summed E-state index contributed by atoms with van der Waals surface area (Å²) >= 11 is 1.43. The van der Waals surface area contributed by atoms with Crippen molar-refractivity contribution in [3.63, 3.8) is 0 Å². The van der Waals surface area contributed by atoms with Crippen LogP contribution in [0.3, 0.4) is 0 Å². The van der Waals surface area contributed by atoms with Crippen LogP contribution in [0.1, 0.15) is 29.5 Å².